The van der Waals surface area contributed by atoms with Gasteiger partial charge in [0.25, 0.3) is 0 Å². The van der Waals surface area contributed by atoms with Gasteiger partial charge in [0.1, 0.15) is 0 Å². The number of para-hydroxylation sites is 1. The van der Waals surface area contributed by atoms with E-state index >= 15 is 0 Å². The lowest BCUT2D eigenvalue weighted by atomic mass is 10.2. The topological polar surface area (TPSA) is 51.2 Å². The first kappa shape index (κ1) is 21.0. The lowest BCUT2D eigenvalue weighted by Gasteiger charge is -2.33. The fourth-order valence-corrected chi connectivity index (χ4v) is 3.54. The number of piperazine rings is 1. The van der Waals surface area contributed by atoms with Gasteiger partial charge in [-0.2, -0.15) is 0 Å². The van der Waals surface area contributed by atoms with Crippen molar-refractivity contribution >= 4 is 41.5 Å². The number of fused-ring (bicyclic) bond motifs is 1. The summed E-state index contributed by atoms with van der Waals surface area (Å²) in [7, 11) is 0. The summed E-state index contributed by atoms with van der Waals surface area (Å²) >= 11 is 0. The molecule has 0 radical (unpaired) electrons. The Morgan fingerprint density at radius 1 is 1.15 bits per heavy atom. The Labute approximate surface area is 173 Å². The molecule has 0 unspecified atom stereocenters. The molecule has 1 fully saturated rings. The maximum atomic E-state index is 11.4. The summed E-state index contributed by atoms with van der Waals surface area (Å²) in [6.45, 7) is 10.9. The number of guanidine groups is 1. The van der Waals surface area contributed by atoms with E-state index < -0.39 is 0 Å². The van der Waals surface area contributed by atoms with E-state index in [1.807, 2.05) is 4.90 Å². The van der Waals surface area contributed by atoms with Crippen LogP contribution in [0.1, 0.15) is 19.4 Å². The molecule has 1 amide bonds. The largest absolute Gasteiger partial charge is 0.356 e. The highest BCUT2D eigenvalue weighted by Crippen LogP contribution is 2.27. The first-order valence-corrected chi connectivity index (χ1v) is 9.30. The summed E-state index contributed by atoms with van der Waals surface area (Å²) in [5.41, 5.74) is 2.67. The Hall–Kier alpha value is -1.35. The molecule has 26 heavy (non-hydrogen) atoms. The van der Waals surface area contributed by atoms with Gasteiger partial charge < -0.3 is 15.1 Å². The van der Waals surface area contributed by atoms with Gasteiger partial charge in [0.05, 0.1) is 6.54 Å². The van der Waals surface area contributed by atoms with Crippen molar-refractivity contribution in [1.29, 1.82) is 0 Å². The van der Waals surface area contributed by atoms with E-state index in [1.165, 1.54) is 11.3 Å². The Balaban J connectivity index is 0.00000243. The predicted octanol–water partition coefficient (Wildman–Crippen LogP) is 1.80. The molecular formula is C19H30IN5O. The standard InChI is InChI=1S/C19H29N5O.HI/c1-3-20-19(24-10-8-17-6-4-5-7-18(17)24)21-9-11-22-12-14-23(15-13-22)16(2)25;/h4-7H,3,8-15H2,1-2H3,(H,20,21);1H. The number of aliphatic imine (C=N–C) groups is 1. The summed E-state index contributed by atoms with van der Waals surface area (Å²) < 4.78 is 0. The number of halogens is 1. The van der Waals surface area contributed by atoms with Crippen molar-refractivity contribution in [1.82, 2.24) is 15.1 Å². The van der Waals surface area contributed by atoms with E-state index in [1.54, 1.807) is 6.92 Å². The van der Waals surface area contributed by atoms with Gasteiger partial charge in [0.15, 0.2) is 5.96 Å². The molecule has 0 spiro atoms. The van der Waals surface area contributed by atoms with E-state index in [0.717, 1.165) is 64.7 Å². The van der Waals surface area contributed by atoms with Crippen molar-refractivity contribution in [2.75, 3.05) is 57.3 Å². The molecule has 0 aromatic heterocycles. The molecular weight excluding hydrogens is 441 g/mol. The van der Waals surface area contributed by atoms with E-state index in [9.17, 15) is 4.79 Å². The first-order valence-electron chi connectivity index (χ1n) is 9.30. The average Bonchev–Trinajstić information content (AvgIpc) is 3.05. The van der Waals surface area contributed by atoms with Gasteiger partial charge in [-0.05, 0) is 25.0 Å². The number of nitrogens with one attached hydrogen (secondary N) is 1. The molecule has 0 saturated carbocycles. The molecule has 2 heterocycles. The van der Waals surface area contributed by atoms with Crippen LogP contribution < -0.4 is 10.2 Å². The van der Waals surface area contributed by atoms with E-state index in [0.29, 0.717) is 0 Å². The zero-order valence-corrected chi connectivity index (χ0v) is 18.1. The molecule has 1 aromatic carbocycles. The third kappa shape index (κ3) is 5.09. The molecule has 3 rings (SSSR count). The normalized spacial score (nSPS) is 17.7. The number of anilines is 1. The van der Waals surface area contributed by atoms with Crippen LogP contribution in [0.15, 0.2) is 29.3 Å². The van der Waals surface area contributed by atoms with Crippen LogP contribution in [0.2, 0.25) is 0 Å². The Morgan fingerprint density at radius 2 is 1.88 bits per heavy atom. The van der Waals surface area contributed by atoms with Crippen LogP contribution >= 0.6 is 24.0 Å². The van der Waals surface area contributed by atoms with Crippen LogP contribution in [0.25, 0.3) is 0 Å². The van der Waals surface area contributed by atoms with Gasteiger partial charge in [-0.15, -0.1) is 24.0 Å². The second-order valence-corrected chi connectivity index (χ2v) is 6.61. The second kappa shape index (κ2) is 10.1. The number of hydrogen-bond acceptors (Lipinski definition) is 3. The molecule has 6 nitrogen and oxygen atoms in total. The monoisotopic (exact) mass is 471 g/mol. The van der Waals surface area contributed by atoms with Crippen LogP contribution in [-0.4, -0.2) is 74.0 Å². The van der Waals surface area contributed by atoms with Crippen LogP contribution in [0.5, 0.6) is 0 Å². The Bertz CT molecular complexity index is 628. The SMILES string of the molecule is CCNC(=NCCN1CCN(C(C)=O)CC1)N1CCc2ccccc21.I. The van der Waals surface area contributed by atoms with Gasteiger partial charge in [-0.3, -0.25) is 14.7 Å². The molecule has 1 saturated heterocycles. The fraction of sp³-hybridized carbons (Fsp3) is 0.579. The predicted molar refractivity (Wildman–Crippen MR) is 118 cm³/mol. The lowest BCUT2D eigenvalue weighted by molar-refractivity contribution is -0.130. The van der Waals surface area contributed by atoms with Crippen molar-refractivity contribution in [2.24, 2.45) is 4.99 Å². The Morgan fingerprint density at radius 3 is 2.58 bits per heavy atom. The van der Waals surface area contributed by atoms with Crippen molar-refractivity contribution in [3.05, 3.63) is 29.8 Å². The molecule has 0 aliphatic carbocycles. The minimum absolute atomic E-state index is 0. The highest BCUT2D eigenvalue weighted by molar-refractivity contribution is 14.0. The minimum atomic E-state index is 0. The van der Waals surface area contributed by atoms with Crippen LogP contribution in [-0.2, 0) is 11.2 Å². The minimum Gasteiger partial charge on any atom is -0.356 e. The number of carbonyl (C=O) groups is 1. The van der Waals surface area contributed by atoms with E-state index in [-0.39, 0.29) is 29.9 Å². The number of hydrogen-bond donors (Lipinski definition) is 1. The van der Waals surface area contributed by atoms with Crippen molar-refractivity contribution < 1.29 is 4.79 Å². The smallest absolute Gasteiger partial charge is 0.219 e. The quantitative estimate of drug-likeness (QED) is 0.414. The van der Waals surface area contributed by atoms with Crippen LogP contribution in [0.3, 0.4) is 0 Å². The number of rotatable bonds is 4. The third-order valence-corrected chi connectivity index (χ3v) is 4.97. The first-order chi connectivity index (χ1) is 12.2. The van der Waals surface area contributed by atoms with Crippen molar-refractivity contribution in [3.8, 4) is 0 Å². The molecule has 144 valence electrons. The summed E-state index contributed by atoms with van der Waals surface area (Å²) in [5, 5.41) is 3.43. The van der Waals surface area contributed by atoms with Gasteiger partial charge in [0, 0.05) is 58.4 Å². The third-order valence-electron chi connectivity index (χ3n) is 4.97. The van der Waals surface area contributed by atoms with Crippen LogP contribution in [0, 0.1) is 0 Å². The summed E-state index contributed by atoms with van der Waals surface area (Å²) in [6, 6.07) is 8.58. The highest BCUT2D eigenvalue weighted by Gasteiger charge is 2.22. The molecule has 1 aromatic rings. The van der Waals surface area contributed by atoms with Crippen molar-refractivity contribution in [2.45, 2.75) is 20.3 Å². The second-order valence-electron chi connectivity index (χ2n) is 6.61. The molecule has 2 aliphatic heterocycles. The zero-order valence-electron chi connectivity index (χ0n) is 15.8. The highest BCUT2D eigenvalue weighted by atomic mass is 127. The molecule has 2 aliphatic rings. The summed E-state index contributed by atoms with van der Waals surface area (Å²) in [4.78, 5) is 22.9. The fourth-order valence-electron chi connectivity index (χ4n) is 3.54. The molecule has 7 heteroatoms. The number of amides is 1. The summed E-state index contributed by atoms with van der Waals surface area (Å²) in [6.07, 6.45) is 1.08. The summed E-state index contributed by atoms with van der Waals surface area (Å²) in [5.74, 6) is 1.16. The molecule has 0 bridgehead atoms. The van der Waals surface area contributed by atoms with Crippen molar-refractivity contribution in [3.63, 3.8) is 0 Å². The van der Waals surface area contributed by atoms with Gasteiger partial charge >= 0.3 is 0 Å². The van der Waals surface area contributed by atoms with Gasteiger partial charge in [-0.1, -0.05) is 18.2 Å². The number of nitrogens with zero attached hydrogens (tertiary/aromatic N) is 4. The zero-order chi connectivity index (χ0) is 17.6. The maximum Gasteiger partial charge on any atom is 0.219 e. The van der Waals surface area contributed by atoms with Gasteiger partial charge in [-0.25, -0.2) is 0 Å². The lowest BCUT2D eigenvalue weighted by Crippen LogP contribution is -2.48. The Kier molecular flexibility index (Phi) is 8.15. The maximum absolute atomic E-state index is 11.4. The molecule has 1 N–H and O–H groups in total. The number of benzene rings is 1. The van der Waals surface area contributed by atoms with Gasteiger partial charge in [0.2, 0.25) is 5.91 Å². The molecule has 0 atom stereocenters. The van der Waals surface area contributed by atoms with E-state index in [4.69, 9.17) is 4.99 Å². The van der Waals surface area contributed by atoms with Crippen LogP contribution in [0.4, 0.5) is 5.69 Å². The van der Waals surface area contributed by atoms with E-state index in [2.05, 4.69) is 46.3 Å². The number of carbonyl (C=O) groups excluding carboxylic acids is 1. The average molecular weight is 471 g/mol.